The Hall–Kier alpha value is -1.26. The molecule has 0 aromatic carbocycles. The molecule has 5 heteroatoms. The average molecular weight is 216 g/mol. The minimum atomic E-state index is -0.640. The van der Waals surface area contributed by atoms with Crippen molar-refractivity contribution in [3.05, 3.63) is 0 Å². The molecule has 1 N–H and O–H groups in total. The van der Waals surface area contributed by atoms with Crippen molar-refractivity contribution in [2.45, 2.75) is 39.3 Å². The van der Waals surface area contributed by atoms with E-state index >= 15 is 0 Å². The first-order chi connectivity index (χ1) is 6.63. The molecule has 0 radical (unpaired) electrons. The summed E-state index contributed by atoms with van der Waals surface area (Å²) in [6, 6.07) is -0.951. The van der Waals surface area contributed by atoms with Gasteiger partial charge in [0.25, 0.3) is 0 Å². The Bertz CT molecular complexity index is 244. The van der Waals surface area contributed by atoms with Crippen LogP contribution in [-0.2, 0) is 9.53 Å². The van der Waals surface area contributed by atoms with Gasteiger partial charge in [-0.25, -0.2) is 9.59 Å². The maximum Gasteiger partial charge on any atom is 0.328 e. The standard InChI is InChI=1S/C10H20N2O3/c1-7(11-9(14)12(5)6)8(13)15-10(2,3)4/h7H,1-6H3,(H,11,14)/t7-/m0/s1. The third-order valence-corrected chi connectivity index (χ3v) is 1.51. The highest BCUT2D eigenvalue weighted by atomic mass is 16.6. The van der Waals surface area contributed by atoms with Crippen molar-refractivity contribution in [1.82, 2.24) is 10.2 Å². The van der Waals surface area contributed by atoms with Gasteiger partial charge in [0.2, 0.25) is 0 Å². The number of hydrogen-bond acceptors (Lipinski definition) is 3. The van der Waals surface area contributed by atoms with E-state index in [1.807, 2.05) is 0 Å². The van der Waals surface area contributed by atoms with Crippen LogP contribution in [0.2, 0.25) is 0 Å². The summed E-state index contributed by atoms with van der Waals surface area (Å²) in [5.41, 5.74) is -0.534. The highest BCUT2D eigenvalue weighted by Gasteiger charge is 2.23. The van der Waals surface area contributed by atoms with Gasteiger partial charge in [0.05, 0.1) is 0 Å². The molecule has 0 aliphatic heterocycles. The molecule has 0 saturated carbocycles. The van der Waals surface area contributed by atoms with E-state index in [-0.39, 0.29) is 6.03 Å². The number of hydrogen-bond donors (Lipinski definition) is 1. The number of esters is 1. The highest BCUT2D eigenvalue weighted by molar-refractivity contribution is 5.83. The molecule has 5 nitrogen and oxygen atoms in total. The lowest BCUT2D eigenvalue weighted by atomic mass is 10.2. The summed E-state index contributed by atoms with van der Waals surface area (Å²) in [6.45, 7) is 6.94. The fourth-order valence-corrected chi connectivity index (χ4v) is 0.763. The number of carbonyl (C=O) groups excluding carboxylic acids is 2. The first-order valence-electron chi connectivity index (χ1n) is 4.84. The molecule has 0 aromatic heterocycles. The summed E-state index contributed by atoms with van der Waals surface area (Å²) in [6.07, 6.45) is 0. The largest absolute Gasteiger partial charge is 0.458 e. The fraction of sp³-hybridized carbons (Fsp3) is 0.800. The SMILES string of the molecule is C[C@H](NC(=O)N(C)C)C(=O)OC(C)(C)C. The van der Waals surface area contributed by atoms with Crippen molar-refractivity contribution in [3.63, 3.8) is 0 Å². The monoisotopic (exact) mass is 216 g/mol. The van der Waals surface area contributed by atoms with Crippen molar-refractivity contribution in [2.75, 3.05) is 14.1 Å². The third kappa shape index (κ3) is 5.93. The Labute approximate surface area is 90.8 Å². The molecular weight excluding hydrogens is 196 g/mol. The van der Waals surface area contributed by atoms with Gasteiger partial charge in [0.1, 0.15) is 11.6 Å². The maximum absolute atomic E-state index is 11.5. The quantitative estimate of drug-likeness (QED) is 0.700. The van der Waals surface area contributed by atoms with Crippen molar-refractivity contribution in [1.29, 1.82) is 0 Å². The Morgan fingerprint density at radius 2 is 1.73 bits per heavy atom. The molecule has 0 rings (SSSR count). The van der Waals surface area contributed by atoms with Crippen molar-refractivity contribution >= 4 is 12.0 Å². The number of carbonyl (C=O) groups is 2. The Balaban J connectivity index is 4.17. The predicted molar refractivity (Wildman–Crippen MR) is 57.5 cm³/mol. The summed E-state index contributed by atoms with van der Waals surface area (Å²) in [4.78, 5) is 24.1. The number of urea groups is 1. The van der Waals surface area contributed by atoms with Crippen LogP contribution >= 0.6 is 0 Å². The van der Waals surface area contributed by atoms with Crippen LogP contribution < -0.4 is 5.32 Å². The van der Waals surface area contributed by atoms with E-state index in [1.165, 1.54) is 4.90 Å². The van der Waals surface area contributed by atoms with Crippen molar-refractivity contribution < 1.29 is 14.3 Å². The normalized spacial score (nSPS) is 12.9. The molecule has 0 aliphatic carbocycles. The molecule has 15 heavy (non-hydrogen) atoms. The number of amides is 2. The third-order valence-electron chi connectivity index (χ3n) is 1.51. The van der Waals surface area contributed by atoms with Gasteiger partial charge in [0.15, 0.2) is 0 Å². The van der Waals surface area contributed by atoms with E-state index in [4.69, 9.17) is 4.74 Å². The topological polar surface area (TPSA) is 58.6 Å². The van der Waals surface area contributed by atoms with Crippen LogP contribution in [-0.4, -0.2) is 42.6 Å². The maximum atomic E-state index is 11.5. The molecule has 0 bridgehead atoms. The van der Waals surface area contributed by atoms with E-state index in [9.17, 15) is 9.59 Å². The second-order valence-electron chi connectivity index (χ2n) is 4.60. The van der Waals surface area contributed by atoms with Crippen molar-refractivity contribution in [3.8, 4) is 0 Å². The molecule has 2 amide bonds. The summed E-state index contributed by atoms with van der Waals surface area (Å²) in [5, 5.41) is 2.51. The van der Waals surface area contributed by atoms with Crippen LogP contribution in [0.25, 0.3) is 0 Å². The molecule has 0 fully saturated rings. The Morgan fingerprint density at radius 3 is 2.07 bits per heavy atom. The highest BCUT2D eigenvalue weighted by Crippen LogP contribution is 2.08. The lowest BCUT2D eigenvalue weighted by Gasteiger charge is -2.23. The van der Waals surface area contributed by atoms with Crippen LogP contribution in [0.1, 0.15) is 27.7 Å². The molecule has 0 spiro atoms. The molecular formula is C10H20N2O3. The van der Waals surface area contributed by atoms with E-state index in [1.54, 1.807) is 41.8 Å². The smallest absolute Gasteiger partial charge is 0.328 e. The number of ether oxygens (including phenoxy) is 1. The molecule has 0 aromatic rings. The minimum Gasteiger partial charge on any atom is -0.458 e. The van der Waals surface area contributed by atoms with Crippen LogP contribution in [0.3, 0.4) is 0 Å². The van der Waals surface area contributed by atoms with Gasteiger partial charge in [0, 0.05) is 14.1 Å². The second-order valence-corrected chi connectivity index (χ2v) is 4.60. The lowest BCUT2D eigenvalue weighted by molar-refractivity contribution is -0.156. The van der Waals surface area contributed by atoms with Gasteiger partial charge in [-0.05, 0) is 27.7 Å². The lowest BCUT2D eigenvalue weighted by Crippen LogP contribution is -2.46. The fourth-order valence-electron chi connectivity index (χ4n) is 0.763. The zero-order chi connectivity index (χ0) is 12.2. The van der Waals surface area contributed by atoms with Crippen molar-refractivity contribution in [2.24, 2.45) is 0 Å². The summed E-state index contributed by atoms with van der Waals surface area (Å²) < 4.78 is 5.11. The number of nitrogens with one attached hydrogen (secondary N) is 1. The van der Waals surface area contributed by atoms with Gasteiger partial charge in [-0.2, -0.15) is 0 Å². The predicted octanol–water partition coefficient (Wildman–Crippen LogP) is 0.988. The average Bonchev–Trinajstić information content (AvgIpc) is 2.00. The molecule has 1 atom stereocenters. The molecule has 0 heterocycles. The van der Waals surface area contributed by atoms with E-state index in [2.05, 4.69) is 5.32 Å². The van der Waals surface area contributed by atoms with Gasteiger partial charge < -0.3 is 15.0 Å². The Kier molecular flexibility index (Phi) is 4.58. The summed E-state index contributed by atoms with van der Waals surface area (Å²) >= 11 is 0. The number of rotatable bonds is 2. The first kappa shape index (κ1) is 13.7. The van der Waals surface area contributed by atoms with Crippen LogP contribution in [0.5, 0.6) is 0 Å². The van der Waals surface area contributed by atoms with E-state index in [0.717, 1.165) is 0 Å². The molecule has 0 aliphatic rings. The zero-order valence-electron chi connectivity index (χ0n) is 10.2. The Morgan fingerprint density at radius 1 is 1.27 bits per heavy atom. The number of nitrogens with zero attached hydrogens (tertiary/aromatic N) is 1. The van der Waals surface area contributed by atoms with Crippen LogP contribution in [0, 0.1) is 0 Å². The zero-order valence-corrected chi connectivity index (χ0v) is 10.2. The minimum absolute atomic E-state index is 0.312. The molecule has 0 unspecified atom stereocenters. The first-order valence-corrected chi connectivity index (χ1v) is 4.84. The van der Waals surface area contributed by atoms with Gasteiger partial charge >= 0.3 is 12.0 Å². The van der Waals surface area contributed by atoms with E-state index < -0.39 is 17.6 Å². The molecule has 0 saturated heterocycles. The van der Waals surface area contributed by atoms with E-state index in [0.29, 0.717) is 0 Å². The second kappa shape index (κ2) is 5.00. The molecule has 88 valence electrons. The van der Waals surface area contributed by atoms with Crippen LogP contribution in [0.15, 0.2) is 0 Å². The van der Waals surface area contributed by atoms with Gasteiger partial charge in [-0.3, -0.25) is 0 Å². The van der Waals surface area contributed by atoms with Crippen LogP contribution in [0.4, 0.5) is 4.79 Å². The van der Waals surface area contributed by atoms with Gasteiger partial charge in [-0.15, -0.1) is 0 Å². The van der Waals surface area contributed by atoms with Gasteiger partial charge in [-0.1, -0.05) is 0 Å². The summed E-state index contributed by atoms with van der Waals surface area (Å²) in [5.74, 6) is -0.433. The summed E-state index contributed by atoms with van der Waals surface area (Å²) in [7, 11) is 3.22.